The van der Waals surface area contributed by atoms with Crippen LogP contribution in [0.15, 0.2) is 29.0 Å². The summed E-state index contributed by atoms with van der Waals surface area (Å²) in [6, 6.07) is 2.01. The number of allylic oxidation sites excluding steroid dienone is 3. The minimum Gasteiger partial charge on any atom is -0.465 e. The summed E-state index contributed by atoms with van der Waals surface area (Å²) in [4.78, 5) is 24.6. The minimum absolute atomic E-state index is 0.0482. The van der Waals surface area contributed by atoms with Gasteiger partial charge in [-0.3, -0.25) is 9.48 Å². The Balaban J connectivity index is 2.26. The molecular formula is C16H16N4O4. The third-order valence-electron chi connectivity index (χ3n) is 4.27. The molecule has 1 aromatic rings. The van der Waals surface area contributed by atoms with E-state index in [1.807, 2.05) is 6.07 Å². The van der Waals surface area contributed by atoms with E-state index in [1.54, 1.807) is 7.05 Å². The van der Waals surface area contributed by atoms with E-state index in [9.17, 15) is 14.9 Å². The van der Waals surface area contributed by atoms with Gasteiger partial charge < -0.3 is 15.2 Å². The number of nitriles is 1. The first-order valence-corrected chi connectivity index (χ1v) is 7.43. The number of ketones is 1. The van der Waals surface area contributed by atoms with Crippen LogP contribution in [0.4, 0.5) is 0 Å². The Morgan fingerprint density at radius 2 is 2.29 bits per heavy atom. The maximum Gasteiger partial charge on any atom is 0.341 e. The molecule has 24 heavy (non-hydrogen) atoms. The Hall–Kier alpha value is -3.08. The molecule has 0 unspecified atom stereocenters. The molecule has 0 bridgehead atoms. The highest BCUT2D eigenvalue weighted by molar-refractivity contribution is 6.00. The fourth-order valence-corrected chi connectivity index (χ4v) is 3.19. The Kier molecular flexibility index (Phi) is 3.85. The van der Waals surface area contributed by atoms with Crippen LogP contribution < -0.4 is 5.73 Å². The quantitative estimate of drug-likeness (QED) is 0.805. The van der Waals surface area contributed by atoms with Crippen LogP contribution in [0.5, 0.6) is 0 Å². The van der Waals surface area contributed by atoms with Gasteiger partial charge in [0.15, 0.2) is 5.78 Å². The molecule has 0 fully saturated rings. The van der Waals surface area contributed by atoms with Gasteiger partial charge in [-0.05, 0) is 6.42 Å². The Bertz CT molecular complexity index is 841. The highest BCUT2D eigenvalue weighted by Crippen LogP contribution is 2.44. The van der Waals surface area contributed by atoms with Gasteiger partial charge in [0.2, 0.25) is 5.88 Å². The second kappa shape index (κ2) is 5.85. The smallest absolute Gasteiger partial charge is 0.341 e. The lowest BCUT2D eigenvalue weighted by Gasteiger charge is -2.31. The molecular weight excluding hydrogens is 312 g/mol. The number of aromatic nitrogens is 2. The van der Waals surface area contributed by atoms with Crippen LogP contribution in [-0.2, 0) is 21.3 Å². The SMILES string of the molecule is COC(=O)c1cnn(C)c1[C@H]1C(C#N)=C(N)OC2=C1C(=O)CCC2. The van der Waals surface area contributed by atoms with Crippen LogP contribution in [-0.4, -0.2) is 28.6 Å². The second-order valence-electron chi connectivity index (χ2n) is 5.60. The third kappa shape index (κ3) is 2.25. The van der Waals surface area contributed by atoms with Gasteiger partial charge in [0.05, 0.1) is 24.9 Å². The van der Waals surface area contributed by atoms with Crippen LogP contribution in [0, 0.1) is 11.3 Å². The van der Waals surface area contributed by atoms with Crippen molar-refractivity contribution in [3.63, 3.8) is 0 Å². The van der Waals surface area contributed by atoms with Crippen molar-refractivity contribution in [2.75, 3.05) is 7.11 Å². The van der Waals surface area contributed by atoms with Gasteiger partial charge in [-0.1, -0.05) is 0 Å². The van der Waals surface area contributed by atoms with E-state index in [0.717, 1.165) is 0 Å². The fraction of sp³-hybridized carbons (Fsp3) is 0.375. The van der Waals surface area contributed by atoms with Crippen LogP contribution in [0.2, 0.25) is 0 Å². The van der Waals surface area contributed by atoms with Gasteiger partial charge in [0.25, 0.3) is 0 Å². The maximum atomic E-state index is 12.5. The molecule has 2 aliphatic rings. The number of carbonyl (C=O) groups is 2. The van der Waals surface area contributed by atoms with Gasteiger partial charge in [-0.2, -0.15) is 10.4 Å². The van der Waals surface area contributed by atoms with Gasteiger partial charge in [-0.15, -0.1) is 0 Å². The van der Waals surface area contributed by atoms with Crippen molar-refractivity contribution >= 4 is 11.8 Å². The zero-order chi connectivity index (χ0) is 17.4. The molecule has 8 nitrogen and oxygen atoms in total. The van der Waals surface area contributed by atoms with Gasteiger partial charge in [0.1, 0.15) is 23.0 Å². The number of ether oxygens (including phenoxy) is 2. The molecule has 0 radical (unpaired) electrons. The van der Waals surface area contributed by atoms with Crippen LogP contribution in [0.3, 0.4) is 0 Å². The summed E-state index contributed by atoms with van der Waals surface area (Å²) in [5.41, 5.74) is 6.95. The molecule has 1 aliphatic carbocycles. The van der Waals surface area contributed by atoms with Gasteiger partial charge >= 0.3 is 5.97 Å². The first kappa shape index (κ1) is 15.8. The van der Waals surface area contributed by atoms with Crippen molar-refractivity contribution in [3.05, 3.63) is 40.2 Å². The number of nitrogens with zero attached hydrogens (tertiary/aromatic N) is 3. The van der Waals surface area contributed by atoms with Crippen LogP contribution in [0.1, 0.15) is 41.2 Å². The molecule has 1 aliphatic heterocycles. The van der Waals surface area contributed by atoms with Gasteiger partial charge in [0, 0.05) is 25.5 Å². The zero-order valence-electron chi connectivity index (χ0n) is 13.3. The Morgan fingerprint density at radius 3 is 2.96 bits per heavy atom. The topological polar surface area (TPSA) is 120 Å². The predicted octanol–water partition coefficient (Wildman–Crippen LogP) is 1.02. The summed E-state index contributed by atoms with van der Waals surface area (Å²) < 4.78 is 11.7. The number of hydrogen-bond acceptors (Lipinski definition) is 7. The molecule has 1 atom stereocenters. The van der Waals surface area contributed by atoms with E-state index >= 15 is 0 Å². The lowest BCUT2D eigenvalue weighted by Crippen LogP contribution is -2.29. The summed E-state index contributed by atoms with van der Waals surface area (Å²) in [5, 5.41) is 13.6. The number of nitrogens with two attached hydrogens (primary N) is 1. The van der Waals surface area contributed by atoms with Crippen molar-refractivity contribution in [1.29, 1.82) is 5.26 Å². The van der Waals surface area contributed by atoms with E-state index in [4.69, 9.17) is 15.2 Å². The average Bonchev–Trinajstić information content (AvgIpc) is 2.94. The standard InChI is InChI=1S/C16H16N4O4/c1-20-14(9(7-19-20)16(22)23-2)12-8(6-17)15(18)24-11-5-3-4-10(21)13(11)12/h7,12H,3-5,18H2,1-2H3/t12-/m0/s1. The van der Waals surface area contributed by atoms with E-state index < -0.39 is 11.9 Å². The number of rotatable bonds is 2. The van der Waals surface area contributed by atoms with Crippen molar-refractivity contribution in [3.8, 4) is 6.07 Å². The molecule has 0 spiro atoms. The summed E-state index contributed by atoms with van der Waals surface area (Å²) in [5.74, 6) is -1.07. The molecule has 1 aromatic heterocycles. The number of hydrogen-bond donors (Lipinski definition) is 1. The molecule has 124 valence electrons. The Labute approximate surface area is 138 Å². The number of Topliss-reactive ketones (excluding diaryl/α,β-unsaturated/α-hetero) is 1. The predicted molar refractivity (Wildman–Crippen MR) is 81.1 cm³/mol. The fourth-order valence-electron chi connectivity index (χ4n) is 3.19. The molecule has 0 amide bonds. The monoisotopic (exact) mass is 328 g/mol. The Morgan fingerprint density at radius 1 is 1.54 bits per heavy atom. The van der Waals surface area contributed by atoms with E-state index in [-0.39, 0.29) is 22.8 Å². The zero-order valence-corrected chi connectivity index (χ0v) is 13.3. The van der Waals surface area contributed by atoms with Gasteiger partial charge in [-0.25, -0.2) is 4.79 Å². The van der Waals surface area contributed by atoms with Crippen molar-refractivity contribution in [2.24, 2.45) is 12.8 Å². The lowest BCUT2D eigenvalue weighted by molar-refractivity contribution is -0.116. The second-order valence-corrected chi connectivity index (χ2v) is 5.60. The van der Waals surface area contributed by atoms with Crippen molar-refractivity contribution < 1.29 is 19.1 Å². The van der Waals surface area contributed by atoms with Crippen molar-refractivity contribution in [1.82, 2.24) is 9.78 Å². The minimum atomic E-state index is -0.784. The molecule has 0 aromatic carbocycles. The number of carbonyl (C=O) groups excluding carboxylic acids is 2. The van der Waals surface area contributed by atoms with E-state index in [1.165, 1.54) is 18.0 Å². The highest BCUT2D eigenvalue weighted by Gasteiger charge is 2.41. The number of aryl methyl sites for hydroxylation is 1. The van der Waals surface area contributed by atoms with Crippen LogP contribution >= 0.6 is 0 Å². The number of esters is 1. The highest BCUT2D eigenvalue weighted by atomic mass is 16.5. The molecule has 8 heteroatoms. The summed E-state index contributed by atoms with van der Waals surface area (Å²) in [7, 11) is 2.89. The first-order chi connectivity index (χ1) is 11.5. The molecule has 3 rings (SSSR count). The van der Waals surface area contributed by atoms with E-state index in [0.29, 0.717) is 36.3 Å². The van der Waals surface area contributed by atoms with E-state index in [2.05, 4.69) is 5.10 Å². The molecule has 0 saturated carbocycles. The van der Waals surface area contributed by atoms with Crippen molar-refractivity contribution in [2.45, 2.75) is 25.2 Å². The largest absolute Gasteiger partial charge is 0.465 e. The third-order valence-corrected chi connectivity index (χ3v) is 4.27. The molecule has 2 N–H and O–H groups in total. The lowest BCUT2D eigenvalue weighted by atomic mass is 9.78. The molecule has 0 saturated heterocycles. The van der Waals surface area contributed by atoms with Crippen LogP contribution in [0.25, 0.3) is 0 Å². The average molecular weight is 328 g/mol. The maximum absolute atomic E-state index is 12.5. The first-order valence-electron chi connectivity index (χ1n) is 7.43. The summed E-state index contributed by atoms with van der Waals surface area (Å²) in [6.45, 7) is 0. The normalized spacial score (nSPS) is 20.4. The summed E-state index contributed by atoms with van der Waals surface area (Å²) in [6.07, 6.45) is 2.94. The molecule has 2 heterocycles. The summed E-state index contributed by atoms with van der Waals surface area (Å²) >= 11 is 0. The number of methoxy groups -OCH3 is 1.